The number of pyridine rings is 1. The second kappa shape index (κ2) is 9.80. The zero-order valence-corrected chi connectivity index (χ0v) is 18.6. The number of anilines is 1. The largest absolute Gasteiger partial charge is 0.477 e. The minimum absolute atomic E-state index is 0.173. The van der Waals surface area contributed by atoms with E-state index in [1.807, 2.05) is 0 Å². The van der Waals surface area contributed by atoms with E-state index in [0.29, 0.717) is 11.6 Å². The average molecular weight is 514 g/mol. The lowest BCUT2D eigenvalue weighted by atomic mass is 9.97. The van der Waals surface area contributed by atoms with Crippen LogP contribution < -0.4 is 10.5 Å². The molecule has 2 N–H and O–H groups in total. The number of hydrogen-bond donors (Lipinski definition) is 1. The van der Waals surface area contributed by atoms with Crippen molar-refractivity contribution in [2.75, 3.05) is 12.3 Å². The summed E-state index contributed by atoms with van der Waals surface area (Å²) in [6.07, 6.45) is -7.38. The Bertz CT molecular complexity index is 1230. The van der Waals surface area contributed by atoms with Gasteiger partial charge in [-0.15, -0.1) is 10.2 Å². The van der Waals surface area contributed by atoms with Crippen LogP contribution in [0.25, 0.3) is 11.6 Å². The van der Waals surface area contributed by atoms with Crippen LogP contribution >= 0.6 is 0 Å². The number of alkyl halides is 6. The molecule has 1 aromatic carbocycles. The van der Waals surface area contributed by atoms with Crippen molar-refractivity contribution in [2.45, 2.75) is 43.8 Å². The summed E-state index contributed by atoms with van der Waals surface area (Å²) in [5, 5.41) is 7.15. The summed E-state index contributed by atoms with van der Waals surface area (Å²) < 4.78 is 100. The van der Waals surface area contributed by atoms with Gasteiger partial charge in [0.2, 0.25) is 11.5 Å². The van der Waals surface area contributed by atoms with E-state index in [-0.39, 0.29) is 19.4 Å². The number of hydrogen-bond acceptors (Lipinski definition) is 7. The summed E-state index contributed by atoms with van der Waals surface area (Å²) in [5.74, 6) is -2.35. The molecule has 1 aliphatic rings. The van der Waals surface area contributed by atoms with Gasteiger partial charge in [0, 0.05) is 6.42 Å². The monoisotopic (exact) mass is 514 g/mol. The number of aromatic nitrogens is 3. The van der Waals surface area contributed by atoms with Gasteiger partial charge in [-0.3, -0.25) is 0 Å². The molecule has 0 saturated heterocycles. The third-order valence-corrected chi connectivity index (χ3v) is 5.41. The molecule has 0 saturated carbocycles. The van der Waals surface area contributed by atoms with Gasteiger partial charge < -0.3 is 19.6 Å². The first kappa shape index (κ1) is 25.5. The molecule has 1 aliphatic heterocycles. The Morgan fingerprint density at radius 3 is 2.47 bits per heavy atom. The average Bonchev–Trinajstić information content (AvgIpc) is 3.30. The Morgan fingerprint density at radius 2 is 1.78 bits per heavy atom. The predicted octanol–water partition coefficient (Wildman–Crippen LogP) is 5.83. The maximum atomic E-state index is 14.6. The van der Waals surface area contributed by atoms with Crippen molar-refractivity contribution in [3.63, 3.8) is 0 Å². The molecule has 4 bridgehead atoms. The molecule has 0 amide bonds. The van der Waals surface area contributed by atoms with Gasteiger partial charge in [-0.05, 0) is 24.5 Å². The zero-order valence-electron chi connectivity index (χ0n) is 18.6. The number of nitrogens with two attached hydrogens (primary N) is 1. The minimum atomic E-state index is -5.00. The van der Waals surface area contributed by atoms with Crippen LogP contribution in [0.3, 0.4) is 0 Å². The van der Waals surface area contributed by atoms with Crippen LogP contribution in [0, 0.1) is 0 Å². The molecule has 192 valence electrons. The lowest BCUT2D eigenvalue weighted by Crippen LogP contribution is -2.45. The Kier molecular flexibility index (Phi) is 6.94. The van der Waals surface area contributed by atoms with Crippen molar-refractivity contribution < 1.29 is 40.2 Å². The molecule has 1 unspecified atom stereocenters. The molecule has 0 radical (unpaired) electrons. The first-order valence-corrected chi connectivity index (χ1v) is 10.8. The van der Waals surface area contributed by atoms with Gasteiger partial charge in [-0.25, -0.2) is 4.98 Å². The topological polar surface area (TPSA) is 96.3 Å². The number of nitrogen functional groups attached to an aromatic ring is 1. The van der Waals surface area contributed by atoms with E-state index in [9.17, 15) is 26.3 Å². The molecule has 0 fully saturated rings. The molecule has 0 aliphatic carbocycles. The number of rotatable bonds is 3. The van der Waals surface area contributed by atoms with Gasteiger partial charge in [0.1, 0.15) is 5.56 Å². The van der Waals surface area contributed by atoms with Crippen LogP contribution in [0.2, 0.25) is 0 Å². The molecule has 3 heterocycles. The number of ether oxygens (including phenoxy) is 2. The van der Waals surface area contributed by atoms with Crippen LogP contribution in [-0.2, 0) is 23.1 Å². The van der Waals surface area contributed by atoms with Crippen molar-refractivity contribution in [3.05, 3.63) is 65.6 Å². The van der Waals surface area contributed by atoms with E-state index in [4.69, 9.17) is 19.6 Å². The summed E-state index contributed by atoms with van der Waals surface area (Å²) in [6, 6.07) is 8.76. The summed E-state index contributed by atoms with van der Waals surface area (Å²) >= 11 is 0. The van der Waals surface area contributed by atoms with Gasteiger partial charge >= 0.3 is 12.4 Å². The Balaban J connectivity index is 1.83. The fourth-order valence-electron chi connectivity index (χ4n) is 3.52. The molecule has 3 aromatic rings. The number of fused-ring (bicyclic) bond motifs is 5. The zero-order chi connectivity index (χ0) is 26.0. The van der Waals surface area contributed by atoms with Gasteiger partial charge in [0.05, 0.1) is 18.9 Å². The Hall–Kier alpha value is -3.61. The van der Waals surface area contributed by atoms with E-state index in [1.54, 1.807) is 30.3 Å². The van der Waals surface area contributed by atoms with Crippen molar-refractivity contribution in [2.24, 2.45) is 0 Å². The Labute approximate surface area is 200 Å². The lowest BCUT2D eigenvalue weighted by molar-refractivity contribution is -0.295. The number of benzene rings is 1. The molecule has 1 atom stereocenters. The van der Waals surface area contributed by atoms with Crippen LogP contribution in [0.5, 0.6) is 5.88 Å². The minimum Gasteiger partial charge on any atom is -0.477 e. The van der Waals surface area contributed by atoms with Gasteiger partial charge in [0.15, 0.2) is 5.69 Å². The first-order chi connectivity index (χ1) is 17.0. The third-order valence-electron chi connectivity index (χ3n) is 5.41. The highest BCUT2D eigenvalue weighted by molar-refractivity contribution is 5.68. The highest BCUT2D eigenvalue weighted by atomic mass is 19.4. The fourth-order valence-corrected chi connectivity index (χ4v) is 3.52. The fraction of sp³-hybridized carbons (Fsp3) is 0.348. The number of halogens is 6. The SMILES string of the molecule is Nc1cc(C(F)(F)F)c2nc1-c1nnc(o1)C(OCc1ccccc1)(C(F)(F)F)C/C=C/CCCO2. The molecule has 13 heteroatoms. The highest BCUT2D eigenvalue weighted by Crippen LogP contribution is 2.46. The molecular formula is C23H20F6N4O3. The Morgan fingerprint density at radius 1 is 1.03 bits per heavy atom. The molecule has 36 heavy (non-hydrogen) atoms. The standard InChI is InChI=1S/C23H20F6N4O3/c24-22(25,26)15-12-16(30)17-19-32-33-20(36-19)21(23(27,28)29,35-13-14-8-4-3-5-9-14)10-6-1-2-7-11-34-18(15)31-17/h1,3-6,8-9,12H,2,7,10-11,13,30H2/b6-1+. The van der Waals surface area contributed by atoms with Crippen molar-refractivity contribution in [3.8, 4) is 17.5 Å². The second-order valence-corrected chi connectivity index (χ2v) is 7.95. The van der Waals surface area contributed by atoms with Crippen molar-refractivity contribution in [1.82, 2.24) is 15.2 Å². The van der Waals surface area contributed by atoms with Gasteiger partial charge in [-0.2, -0.15) is 26.3 Å². The van der Waals surface area contributed by atoms with Gasteiger partial charge in [-0.1, -0.05) is 42.5 Å². The van der Waals surface area contributed by atoms with Crippen LogP contribution in [-0.4, -0.2) is 28.0 Å². The third kappa shape index (κ3) is 5.15. The lowest BCUT2D eigenvalue weighted by Gasteiger charge is -2.31. The van der Waals surface area contributed by atoms with Crippen LogP contribution in [0.1, 0.15) is 36.3 Å². The number of allylic oxidation sites excluding steroid dienone is 1. The first-order valence-electron chi connectivity index (χ1n) is 10.8. The van der Waals surface area contributed by atoms with E-state index in [0.717, 1.165) is 0 Å². The molecule has 7 nitrogen and oxygen atoms in total. The molecule has 2 aromatic heterocycles. The smallest absolute Gasteiger partial charge is 0.426 e. The second-order valence-electron chi connectivity index (χ2n) is 7.95. The maximum Gasteiger partial charge on any atom is 0.426 e. The normalized spacial score (nSPS) is 19.8. The summed E-state index contributed by atoms with van der Waals surface area (Å²) in [7, 11) is 0. The van der Waals surface area contributed by atoms with Crippen molar-refractivity contribution >= 4 is 5.69 Å². The number of nitrogens with zero attached hydrogens (tertiary/aromatic N) is 3. The maximum absolute atomic E-state index is 14.6. The quantitative estimate of drug-likeness (QED) is 0.347. The van der Waals surface area contributed by atoms with Crippen molar-refractivity contribution in [1.29, 1.82) is 0 Å². The highest BCUT2D eigenvalue weighted by Gasteiger charge is 2.61. The van der Waals surface area contributed by atoms with Crippen LogP contribution in [0.4, 0.5) is 32.0 Å². The molecule has 0 spiro atoms. The summed E-state index contributed by atoms with van der Waals surface area (Å²) in [5.41, 5.74) is 0.981. The van der Waals surface area contributed by atoms with Crippen LogP contribution in [0.15, 0.2) is 53.0 Å². The van der Waals surface area contributed by atoms with E-state index in [2.05, 4.69) is 15.2 Å². The molecular weight excluding hydrogens is 494 g/mol. The summed E-state index contributed by atoms with van der Waals surface area (Å²) in [4.78, 5) is 3.77. The van der Waals surface area contributed by atoms with E-state index < -0.39 is 65.6 Å². The predicted molar refractivity (Wildman–Crippen MR) is 114 cm³/mol. The van der Waals surface area contributed by atoms with E-state index >= 15 is 0 Å². The van der Waals surface area contributed by atoms with E-state index in [1.165, 1.54) is 12.2 Å². The van der Waals surface area contributed by atoms with Gasteiger partial charge in [0.25, 0.3) is 11.8 Å². The molecule has 4 rings (SSSR count). The summed E-state index contributed by atoms with van der Waals surface area (Å²) in [6.45, 7) is -0.599.